The van der Waals surface area contributed by atoms with Crippen LogP contribution < -0.4 is 5.32 Å². The number of thiophene rings is 1. The highest BCUT2D eigenvalue weighted by Gasteiger charge is 2.13. The van der Waals surface area contributed by atoms with Gasteiger partial charge >= 0.3 is 0 Å². The summed E-state index contributed by atoms with van der Waals surface area (Å²) in [5, 5.41) is 7.79. The monoisotopic (exact) mass is 197 g/mol. The van der Waals surface area contributed by atoms with Crippen molar-refractivity contribution in [2.75, 3.05) is 7.05 Å². The molecular weight excluding hydrogens is 178 g/mol. The first-order chi connectivity index (χ1) is 6.27. The largest absolute Gasteiger partial charge is 0.316 e. The molecule has 2 atom stereocenters. The molecule has 0 aliphatic rings. The van der Waals surface area contributed by atoms with Gasteiger partial charge in [-0.3, -0.25) is 0 Å². The summed E-state index contributed by atoms with van der Waals surface area (Å²) in [4.78, 5) is 0. The van der Waals surface area contributed by atoms with Gasteiger partial charge in [0.15, 0.2) is 0 Å². The molecule has 0 amide bonds. The van der Waals surface area contributed by atoms with Gasteiger partial charge in [-0.1, -0.05) is 20.3 Å². The molecular formula is C11H19NS. The first kappa shape index (κ1) is 10.7. The quantitative estimate of drug-likeness (QED) is 0.765. The van der Waals surface area contributed by atoms with Crippen molar-refractivity contribution in [1.29, 1.82) is 0 Å². The van der Waals surface area contributed by atoms with Crippen LogP contribution in [0.2, 0.25) is 0 Å². The number of nitrogens with one attached hydrogen (secondary N) is 1. The van der Waals surface area contributed by atoms with Gasteiger partial charge in [0.25, 0.3) is 0 Å². The summed E-state index contributed by atoms with van der Waals surface area (Å²) >= 11 is 1.78. The average Bonchev–Trinajstić information content (AvgIpc) is 2.65. The lowest BCUT2D eigenvalue weighted by Crippen LogP contribution is -2.33. The van der Waals surface area contributed by atoms with Crippen LogP contribution in [0, 0.1) is 5.92 Å². The molecule has 1 N–H and O–H groups in total. The topological polar surface area (TPSA) is 12.0 Å². The van der Waals surface area contributed by atoms with Crippen LogP contribution >= 0.6 is 11.3 Å². The van der Waals surface area contributed by atoms with Crippen molar-refractivity contribution >= 4 is 11.3 Å². The molecule has 1 heterocycles. The van der Waals surface area contributed by atoms with E-state index in [4.69, 9.17) is 0 Å². The molecule has 0 aliphatic heterocycles. The minimum absolute atomic E-state index is 0.625. The summed E-state index contributed by atoms with van der Waals surface area (Å²) in [6, 6.07) is 2.84. The number of rotatable bonds is 5. The smallest absolute Gasteiger partial charge is 0.0130 e. The maximum Gasteiger partial charge on any atom is 0.0130 e. The van der Waals surface area contributed by atoms with E-state index >= 15 is 0 Å². The molecule has 0 saturated heterocycles. The molecule has 2 unspecified atom stereocenters. The summed E-state index contributed by atoms with van der Waals surface area (Å²) < 4.78 is 0. The van der Waals surface area contributed by atoms with E-state index in [0.717, 1.165) is 12.3 Å². The molecule has 74 valence electrons. The van der Waals surface area contributed by atoms with Crippen molar-refractivity contribution in [2.45, 2.75) is 32.7 Å². The molecule has 0 aliphatic carbocycles. The van der Waals surface area contributed by atoms with E-state index < -0.39 is 0 Å². The third-order valence-electron chi connectivity index (χ3n) is 2.74. The summed E-state index contributed by atoms with van der Waals surface area (Å²) in [6.45, 7) is 4.57. The lowest BCUT2D eigenvalue weighted by molar-refractivity contribution is 0.387. The van der Waals surface area contributed by atoms with Crippen LogP contribution in [-0.4, -0.2) is 13.1 Å². The molecule has 1 rings (SSSR count). The molecule has 0 fully saturated rings. The van der Waals surface area contributed by atoms with Gasteiger partial charge in [-0.15, -0.1) is 0 Å². The second-order valence-electron chi connectivity index (χ2n) is 3.62. The number of likely N-dealkylation sites (N-methyl/N-ethyl adjacent to an activating group) is 1. The zero-order valence-electron chi connectivity index (χ0n) is 8.71. The Morgan fingerprint density at radius 3 is 2.77 bits per heavy atom. The van der Waals surface area contributed by atoms with E-state index in [2.05, 4.69) is 43.0 Å². The zero-order valence-corrected chi connectivity index (χ0v) is 9.53. The standard InChI is InChI=1S/C11H19NS/c1-4-9(2)11(12-3)7-10-5-6-13-8-10/h5-6,8-9,11-12H,4,7H2,1-3H3. The summed E-state index contributed by atoms with van der Waals surface area (Å²) in [7, 11) is 2.06. The predicted octanol–water partition coefficient (Wildman–Crippen LogP) is 2.92. The lowest BCUT2D eigenvalue weighted by Gasteiger charge is -2.21. The Labute approximate surface area is 85.2 Å². The molecule has 1 nitrogen and oxygen atoms in total. The Bertz CT molecular complexity index is 218. The normalized spacial score (nSPS) is 15.6. The Hall–Kier alpha value is -0.340. The minimum Gasteiger partial charge on any atom is -0.316 e. The maximum atomic E-state index is 3.40. The second kappa shape index (κ2) is 5.40. The van der Waals surface area contributed by atoms with Crippen LogP contribution in [0.25, 0.3) is 0 Å². The highest BCUT2D eigenvalue weighted by molar-refractivity contribution is 7.07. The Morgan fingerprint density at radius 1 is 1.54 bits per heavy atom. The zero-order chi connectivity index (χ0) is 9.68. The fourth-order valence-corrected chi connectivity index (χ4v) is 2.22. The SMILES string of the molecule is CCC(C)C(Cc1ccsc1)NC. The molecule has 13 heavy (non-hydrogen) atoms. The van der Waals surface area contributed by atoms with Crippen LogP contribution in [0.4, 0.5) is 0 Å². The predicted molar refractivity (Wildman–Crippen MR) is 60.3 cm³/mol. The van der Waals surface area contributed by atoms with Gasteiger partial charge in [0.1, 0.15) is 0 Å². The summed E-state index contributed by atoms with van der Waals surface area (Å²) in [6.07, 6.45) is 2.41. The second-order valence-corrected chi connectivity index (χ2v) is 4.40. The van der Waals surface area contributed by atoms with Gasteiger partial charge in [0, 0.05) is 6.04 Å². The highest BCUT2D eigenvalue weighted by Crippen LogP contribution is 2.15. The van der Waals surface area contributed by atoms with Gasteiger partial charge in [-0.25, -0.2) is 0 Å². The summed E-state index contributed by atoms with van der Waals surface area (Å²) in [5.41, 5.74) is 1.46. The van der Waals surface area contributed by atoms with Crippen molar-refractivity contribution in [1.82, 2.24) is 5.32 Å². The van der Waals surface area contributed by atoms with Crippen LogP contribution in [0.1, 0.15) is 25.8 Å². The Morgan fingerprint density at radius 2 is 2.31 bits per heavy atom. The van der Waals surface area contributed by atoms with Crippen LogP contribution in [0.5, 0.6) is 0 Å². The molecule has 0 aromatic carbocycles. The molecule has 2 heteroatoms. The lowest BCUT2D eigenvalue weighted by atomic mass is 9.94. The van der Waals surface area contributed by atoms with E-state index in [1.807, 2.05) is 0 Å². The Kier molecular flexibility index (Phi) is 4.46. The average molecular weight is 197 g/mol. The first-order valence-corrected chi connectivity index (χ1v) is 5.90. The molecule has 0 saturated carbocycles. The van der Waals surface area contributed by atoms with Crippen molar-refractivity contribution in [3.8, 4) is 0 Å². The highest BCUT2D eigenvalue weighted by atomic mass is 32.1. The van der Waals surface area contributed by atoms with E-state index in [1.165, 1.54) is 12.0 Å². The fourth-order valence-electron chi connectivity index (χ4n) is 1.54. The third kappa shape index (κ3) is 3.12. The van der Waals surface area contributed by atoms with Crippen molar-refractivity contribution < 1.29 is 0 Å². The van der Waals surface area contributed by atoms with E-state index in [1.54, 1.807) is 11.3 Å². The molecule has 0 bridgehead atoms. The van der Waals surface area contributed by atoms with Crippen molar-refractivity contribution in [3.63, 3.8) is 0 Å². The Balaban J connectivity index is 2.49. The van der Waals surface area contributed by atoms with Crippen LogP contribution in [0.3, 0.4) is 0 Å². The summed E-state index contributed by atoms with van der Waals surface area (Å²) in [5.74, 6) is 0.755. The third-order valence-corrected chi connectivity index (χ3v) is 3.47. The van der Waals surface area contributed by atoms with Crippen LogP contribution in [0.15, 0.2) is 16.8 Å². The first-order valence-electron chi connectivity index (χ1n) is 4.96. The molecule has 1 aromatic rings. The van der Waals surface area contributed by atoms with Gasteiger partial charge in [-0.2, -0.15) is 11.3 Å². The fraction of sp³-hybridized carbons (Fsp3) is 0.636. The van der Waals surface area contributed by atoms with Crippen molar-refractivity contribution in [2.24, 2.45) is 5.92 Å². The van der Waals surface area contributed by atoms with Crippen LogP contribution in [-0.2, 0) is 6.42 Å². The molecule has 0 spiro atoms. The van der Waals surface area contributed by atoms with E-state index in [0.29, 0.717) is 6.04 Å². The maximum absolute atomic E-state index is 3.40. The van der Waals surface area contributed by atoms with Gasteiger partial charge in [0.05, 0.1) is 0 Å². The number of hydrogen-bond donors (Lipinski definition) is 1. The van der Waals surface area contributed by atoms with Gasteiger partial charge in [0.2, 0.25) is 0 Å². The van der Waals surface area contributed by atoms with E-state index in [-0.39, 0.29) is 0 Å². The molecule has 0 radical (unpaired) electrons. The van der Waals surface area contributed by atoms with Crippen molar-refractivity contribution in [3.05, 3.63) is 22.4 Å². The van der Waals surface area contributed by atoms with Gasteiger partial charge < -0.3 is 5.32 Å². The minimum atomic E-state index is 0.625. The number of hydrogen-bond acceptors (Lipinski definition) is 2. The van der Waals surface area contributed by atoms with E-state index in [9.17, 15) is 0 Å². The van der Waals surface area contributed by atoms with Gasteiger partial charge in [-0.05, 0) is 41.8 Å². The molecule has 1 aromatic heterocycles.